The smallest absolute Gasteiger partial charge is 0.305 e. The fraction of sp³-hybridized carbons (Fsp3) is 0.350. The van der Waals surface area contributed by atoms with Crippen molar-refractivity contribution in [3.63, 3.8) is 0 Å². The fourth-order valence-electron chi connectivity index (χ4n) is 3.26. The van der Waals surface area contributed by atoms with Gasteiger partial charge in [0.2, 0.25) is 0 Å². The van der Waals surface area contributed by atoms with Gasteiger partial charge < -0.3 is 20.3 Å². The number of nitrogens with one attached hydrogen (secondary N) is 1. The van der Waals surface area contributed by atoms with E-state index in [-0.39, 0.29) is 18.4 Å². The van der Waals surface area contributed by atoms with Gasteiger partial charge in [0.15, 0.2) is 0 Å². The average molecular weight is 341 g/mol. The second-order valence-corrected chi connectivity index (χ2v) is 6.41. The first-order chi connectivity index (χ1) is 12.1. The second kappa shape index (κ2) is 7.68. The standard InChI is InChI=1S/C20H23NO4/c22-18-7-6-15(8-10-25-11-9-19(23)24)12-17(18)20(13-21-14-20)16-4-2-1-3-5-16/h1-7,12,21-22H,8-11,13-14H2,(H,23,24). The summed E-state index contributed by atoms with van der Waals surface area (Å²) in [6.45, 7) is 2.28. The van der Waals surface area contributed by atoms with Crippen molar-refractivity contribution < 1.29 is 19.7 Å². The molecule has 1 fully saturated rings. The van der Waals surface area contributed by atoms with E-state index < -0.39 is 5.97 Å². The molecule has 3 rings (SSSR count). The van der Waals surface area contributed by atoms with Crippen molar-refractivity contribution in [1.82, 2.24) is 5.32 Å². The van der Waals surface area contributed by atoms with Crippen LogP contribution in [0.25, 0.3) is 0 Å². The minimum Gasteiger partial charge on any atom is -0.508 e. The van der Waals surface area contributed by atoms with Crippen LogP contribution in [0.15, 0.2) is 48.5 Å². The highest BCUT2D eigenvalue weighted by Gasteiger charge is 2.42. The van der Waals surface area contributed by atoms with Gasteiger partial charge in [-0.2, -0.15) is 0 Å². The third-order valence-corrected chi connectivity index (χ3v) is 4.75. The van der Waals surface area contributed by atoms with E-state index in [1.807, 2.05) is 30.3 Å². The van der Waals surface area contributed by atoms with Crippen molar-refractivity contribution in [3.05, 3.63) is 65.2 Å². The van der Waals surface area contributed by atoms with E-state index in [1.54, 1.807) is 6.07 Å². The Morgan fingerprint density at radius 1 is 1.12 bits per heavy atom. The minimum absolute atomic E-state index is 0.0175. The van der Waals surface area contributed by atoms with Gasteiger partial charge in [-0.15, -0.1) is 0 Å². The van der Waals surface area contributed by atoms with Crippen molar-refractivity contribution in [2.45, 2.75) is 18.3 Å². The molecule has 0 aromatic heterocycles. The molecule has 1 aliphatic heterocycles. The maximum atomic E-state index is 10.5. The lowest BCUT2D eigenvalue weighted by molar-refractivity contribution is -0.138. The summed E-state index contributed by atoms with van der Waals surface area (Å²) in [6.07, 6.45) is 0.703. The number of rotatable bonds is 8. The molecule has 5 nitrogen and oxygen atoms in total. The first kappa shape index (κ1) is 17.5. The number of hydrogen-bond acceptors (Lipinski definition) is 4. The lowest BCUT2D eigenvalue weighted by atomic mass is 9.69. The average Bonchev–Trinajstić information content (AvgIpc) is 2.57. The molecule has 1 heterocycles. The lowest BCUT2D eigenvalue weighted by Gasteiger charge is -2.44. The third-order valence-electron chi connectivity index (χ3n) is 4.75. The Morgan fingerprint density at radius 2 is 1.88 bits per heavy atom. The lowest BCUT2D eigenvalue weighted by Crippen LogP contribution is -2.57. The van der Waals surface area contributed by atoms with Crippen molar-refractivity contribution in [2.24, 2.45) is 0 Å². The molecular formula is C20H23NO4. The van der Waals surface area contributed by atoms with Crippen LogP contribution in [0.1, 0.15) is 23.1 Å². The number of phenolic OH excluding ortho intramolecular Hbond substituents is 1. The molecule has 0 spiro atoms. The number of hydrogen-bond donors (Lipinski definition) is 3. The minimum atomic E-state index is -0.853. The zero-order valence-corrected chi connectivity index (χ0v) is 14.1. The predicted octanol–water partition coefficient (Wildman–Crippen LogP) is 2.32. The van der Waals surface area contributed by atoms with Crippen molar-refractivity contribution >= 4 is 5.97 Å². The van der Waals surface area contributed by atoms with E-state index in [0.29, 0.717) is 18.8 Å². The monoisotopic (exact) mass is 341 g/mol. The van der Waals surface area contributed by atoms with Gasteiger partial charge in [-0.05, 0) is 23.6 Å². The quantitative estimate of drug-likeness (QED) is 0.642. The number of aromatic hydroxyl groups is 1. The summed E-state index contributed by atoms with van der Waals surface area (Å²) in [5.74, 6) is -0.546. The molecule has 2 aromatic carbocycles. The van der Waals surface area contributed by atoms with Crippen LogP contribution in [0.3, 0.4) is 0 Å². The Labute approximate surface area is 147 Å². The highest BCUT2D eigenvalue weighted by Crippen LogP contribution is 2.40. The molecule has 0 amide bonds. The van der Waals surface area contributed by atoms with Crippen LogP contribution in [-0.2, 0) is 21.4 Å². The summed E-state index contributed by atoms with van der Waals surface area (Å²) < 4.78 is 5.37. The zero-order chi connectivity index (χ0) is 17.7. The van der Waals surface area contributed by atoms with E-state index in [9.17, 15) is 9.90 Å². The Bertz CT molecular complexity index is 726. The number of phenols is 1. The highest BCUT2D eigenvalue weighted by atomic mass is 16.5. The van der Waals surface area contributed by atoms with Gasteiger partial charge in [0, 0.05) is 24.1 Å². The van der Waals surface area contributed by atoms with E-state index in [4.69, 9.17) is 9.84 Å². The molecular weight excluding hydrogens is 318 g/mol. The summed E-state index contributed by atoms with van der Waals surface area (Å²) in [7, 11) is 0. The molecule has 0 aliphatic carbocycles. The number of carboxylic acids is 1. The molecule has 0 bridgehead atoms. The van der Waals surface area contributed by atoms with Crippen LogP contribution in [0.2, 0.25) is 0 Å². The van der Waals surface area contributed by atoms with Gasteiger partial charge in [-0.3, -0.25) is 4.79 Å². The van der Waals surface area contributed by atoms with Crippen LogP contribution >= 0.6 is 0 Å². The van der Waals surface area contributed by atoms with Crippen LogP contribution in [0.5, 0.6) is 5.75 Å². The van der Waals surface area contributed by atoms with Gasteiger partial charge in [0.25, 0.3) is 0 Å². The van der Waals surface area contributed by atoms with Gasteiger partial charge in [-0.1, -0.05) is 42.5 Å². The summed E-state index contributed by atoms with van der Waals surface area (Å²) in [6, 6.07) is 15.9. The largest absolute Gasteiger partial charge is 0.508 e. The Morgan fingerprint density at radius 3 is 2.52 bits per heavy atom. The zero-order valence-electron chi connectivity index (χ0n) is 14.1. The van der Waals surface area contributed by atoms with Crippen molar-refractivity contribution in [1.29, 1.82) is 0 Å². The van der Waals surface area contributed by atoms with Crippen LogP contribution < -0.4 is 5.32 Å². The van der Waals surface area contributed by atoms with Gasteiger partial charge in [0.05, 0.1) is 19.6 Å². The number of benzene rings is 2. The van der Waals surface area contributed by atoms with Crippen LogP contribution in [0.4, 0.5) is 0 Å². The van der Waals surface area contributed by atoms with E-state index in [2.05, 4.69) is 17.4 Å². The molecule has 5 heteroatoms. The van der Waals surface area contributed by atoms with Crippen molar-refractivity contribution in [2.75, 3.05) is 26.3 Å². The molecule has 1 aliphatic rings. The number of ether oxygens (including phenoxy) is 1. The number of aliphatic carboxylic acids is 1. The van der Waals surface area contributed by atoms with E-state index in [0.717, 1.165) is 24.2 Å². The first-order valence-corrected chi connectivity index (χ1v) is 8.50. The topological polar surface area (TPSA) is 78.8 Å². The normalized spacial score (nSPS) is 15.5. The molecule has 25 heavy (non-hydrogen) atoms. The predicted molar refractivity (Wildman–Crippen MR) is 95.0 cm³/mol. The Kier molecular flexibility index (Phi) is 5.36. The molecule has 3 N–H and O–H groups in total. The van der Waals surface area contributed by atoms with Gasteiger partial charge in [0.1, 0.15) is 5.75 Å². The molecule has 0 unspecified atom stereocenters. The maximum absolute atomic E-state index is 10.5. The molecule has 0 radical (unpaired) electrons. The summed E-state index contributed by atoms with van der Waals surface area (Å²) in [4.78, 5) is 10.5. The summed E-state index contributed by atoms with van der Waals surface area (Å²) >= 11 is 0. The van der Waals surface area contributed by atoms with Gasteiger partial charge in [-0.25, -0.2) is 0 Å². The number of carbonyl (C=O) groups is 1. The Hall–Kier alpha value is -2.37. The SMILES string of the molecule is O=C(O)CCOCCc1ccc(O)c(C2(c3ccccc3)CNC2)c1. The fourth-order valence-corrected chi connectivity index (χ4v) is 3.26. The van der Waals surface area contributed by atoms with E-state index >= 15 is 0 Å². The van der Waals surface area contributed by atoms with E-state index in [1.165, 1.54) is 5.56 Å². The Balaban J connectivity index is 1.74. The molecule has 132 valence electrons. The third kappa shape index (κ3) is 3.83. The summed E-state index contributed by atoms with van der Waals surface area (Å²) in [5.41, 5.74) is 3.00. The molecule has 2 aromatic rings. The highest BCUT2D eigenvalue weighted by molar-refractivity contribution is 5.66. The molecule has 1 saturated heterocycles. The van der Waals surface area contributed by atoms with Gasteiger partial charge >= 0.3 is 5.97 Å². The van der Waals surface area contributed by atoms with Crippen molar-refractivity contribution in [3.8, 4) is 5.75 Å². The second-order valence-electron chi connectivity index (χ2n) is 6.41. The summed E-state index contributed by atoms with van der Waals surface area (Å²) in [5, 5.41) is 22.4. The first-order valence-electron chi connectivity index (χ1n) is 8.50. The molecule has 0 atom stereocenters. The van der Waals surface area contributed by atoms with Crippen LogP contribution in [0, 0.1) is 0 Å². The maximum Gasteiger partial charge on any atom is 0.305 e. The molecule has 0 saturated carbocycles. The van der Waals surface area contributed by atoms with Crippen LogP contribution in [-0.4, -0.2) is 42.5 Å². The number of carboxylic acid groups (broad SMARTS) is 1.